The van der Waals surface area contributed by atoms with Gasteiger partial charge in [-0.3, -0.25) is 4.90 Å². The first-order chi connectivity index (χ1) is 6.79. The first-order valence-corrected chi connectivity index (χ1v) is 7.33. The predicted molar refractivity (Wildman–Crippen MR) is 62.5 cm³/mol. The van der Waals surface area contributed by atoms with E-state index in [-0.39, 0.29) is 17.0 Å². The first kappa shape index (κ1) is 12.9. The minimum Gasteiger partial charge on any atom is -0.323 e. The molecule has 4 nitrogen and oxygen atoms in total. The van der Waals surface area contributed by atoms with Gasteiger partial charge in [0.05, 0.1) is 5.75 Å². The van der Waals surface area contributed by atoms with Crippen molar-refractivity contribution in [1.29, 1.82) is 0 Å². The van der Waals surface area contributed by atoms with E-state index in [1.54, 1.807) is 6.92 Å². The van der Waals surface area contributed by atoms with Crippen LogP contribution in [0.4, 0.5) is 0 Å². The predicted octanol–water partition coefficient (Wildman–Crippen LogP) is 0.0902. The Morgan fingerprint density at radius 2 is 1.93 bits per heavy atom. The number of hydrogen-bond donors (Lipinski definition) is 1. The maximum Gasteiger partial charge on any atom is 0.151 e. The van der Waals surface area contributed by atoms with Crippen LogP contribution in [-0.2, 0) is 9.84 Å². The minimum atomic E-state index is -2.83. The van der Waals surface area contributed by atoms with Crippen LogP contribution in [0, 0.1) is 5.92 Å². The van der Waals surface area contributed by atoms with Gasteiger partial charge in [-0.2, -0.15) is 0 Å². The molecule has 0 bridgehead atoms. The van der Waals surface area contributed by atoms with Crippen molar-refractivity contribution in [2.24, 2.45) is 11.7 Å². The van der Waals surface area contributed by atoms with Crippen molar-refractivity contribution >= 4 is 9.84 Å². The van der Waals surface area contributed by atoms with E-state index < -0.39 is 9.84 Å². The van der Waals surface area contributed by atoms with Crippen LogP contribution in [0.3, 0.4) is 0 Å². The second-order valence-corrected chi connectivity index (χ2v) is 7.31. The molecule has 1 aliphatic rings. The van der Waals surface area contributed by atoms with Gasteiger partial charge in [0.15, 0.2) is 9.84 Å². The summed E-state index contributed by atoms with van der Waals surface area (Å²) >= 11 is 0. The molecule has 0 spiro atoms. The van der Waals surface area contributed by atoms with Gasteiger partial charge in [0.1, 0.15) is 0 Å². The molecule has 0 aromatic heterocycles. The molecule has 1 saturated heterocycles. The third kappa shape index (κ3) is 3.16. The summed E-state index contributed by atoms with van der Waals surface area (Å²) in [5.41, 5.74) is 6.02. The Labute approximate surface area is 92.7 Å². The van der Waals surface area contributed by atoms with Gasteiger partial charge < -0.3 is 5.73 Å². The summed E-state index contributed by atoms with van der Waals surface area (Å²) in [6, 6.07) is 0. The Balaban J connectivity index is 2.30. The van der Waals surface area contributed by atoms with Crippen molar-refractivity contribution in [2.45, 2.75) is 26.3 Å². The quantitative estimate of drug-likeness (QED) is 0.732. The lowest BCUT2D eigenvalue weighted by Gasteiger charge is -2.50. The number of hydrogen-bond acceptors (Lipinski definition) is 4. The molecule has 0 saturated carbocycles. The Morgan fingerprint density at radius 1 is 1.40 bits per heavy atom. The molecule has 0 amide bonds. The summed E-state index contributed by atoms with van der Waals surface area (Å²) in [7, 11) is -2.83. The lowest BCUT2D eigenvalue weighted by Crippen LogP contribution is -2.70. The molecule has 0 atom stereocenters. The number of likely N-dealkylation sites (tertiary alicyclic amines) is 1. The van der Waals surface area contributed by atoms with Crippen LogP contribution in [0.5, 0.6) is 0 Å². The zero-order valence-electron chi connectivity index (χ0n) is 9.86. The normalized spacial score (nSPS) is 21.7. The second-order valence-electron chi connectivity index (χ2n) is 4.83. The molecule has 0 aliphatic carbocycles. The standard InChI is InChI=1S/C10H22N2O2S/c1-4-15(13,14)6-5-12-7-10(11,8-12)9(2)3/h9H,4-8,11H2,1-3H3. The van der Waals surface area contributed by atoms with Crippen molar-refractivity contribution < 1.29 is 8.42 Å². The molecule has 0 aromatic carbocycles. The number of rotatable bonds is 5. The van der Waals surface area contributed by atoms with Crippen molar-refractivity contribution in [3.8, 4) is 0 Å². The number of nitrogens with zero attached hydrogens (tertiary/aromatic N) is 1. The van der Waals surface area contributed by atoms with Gasteiger partial charge in [-0.25, -0.2) is 8.42 Å². The monoisotopic (exact) mass is 234 g/mol. The highest BCUT2D eigenvalue weighted by Crippen LogP contribution is 2.25. The zero-order valence-corrected chi connectivity index (χ0v) is 10.7. The molecule has 1 rings (SSSR count). The second kappa shape index (κ2) is 4.39. The van der Waals surface area contributed by atoms with Gasteiger partial charge in [-0.05, 0) is 5.92 Å². The summed E-state index contributed by atoms with van der Waals surface area (Å²) in [5, 5.41) is 0. The molecule has 0 radical (unpaired) electrons. The van der Waals surface area contributed by atoms with Crippen molar-refractivity contribution in [3.63, 3.8) is 0 Å². The van der Waals surface area contributed by atoms with E-state index in [0.717, 1.165) is 13.1 Å². The van der Waals surface area contributed by atoms with Gasteiger partial charge >= 0.3 is 0 Å². The SMILES string of the molecule is CCS(=O)(=O)CCN1CC(N)(C(C)C)C1. The lowest BCUT2D eigenvalue weighted by atomic mass is 9.80. The zero-order chi connectivity index (χ0) is 11.7. The van der Waals surface area contributed by atoms with E-state index in [2.05, 4.69) is 18.7 Å². The highest BCUT2D eigenvalue weighted by atomic mass is 32.2. The molecule has 0 unspecified atom stereocenters. The van der Waals surface area contributed by atoms with Crippen LogP contribution in [0.15, 0.2) is 0 Å². The van der Waals surface area contributed by atoms with Crippen molar-refractivity contribution in [1.82, 2.24) is 4.90 Å². The van der Waals surface area contributed by atoms with Gasteiger partial charge in [0.25, 0.3) is 0 Å². The smallest absolute Gasteiger partial charge is 0.151 e. The molecule has 5 heteroatoms. The third-order valence-electron chi connectivity index (χ3n) is 3.34. The van der Waals surface area contributed by atoms with Crippen molar-refractivity contribution in [2.75, 3.05) is 31.1 Å². The van der Waals surface area contributed by atoms with E-state index in [1.807, 2.05) is 0 Å². The van der Waals surface area contributed by atoms with Crippen molar-refractivity contribution in [3.05, 3.63) is 0 Å². The molecule has 1 heterocycles. The van der Waals surface area contributed by atoms with Crippen LogP contribution in [0.2, 0.25) is 0 Å². The van der Waals surface area contributed by atoms with Gasteiger partial charge in [0.2, 0.25) is 0 Å². The average molecular weight is 234 g/mol. The largest absolute Gasteiger partial charge is 0.323 e. The molecular weight excluding hydrogens is 212 g/mol. The van der Waals surface area contributed by atoms with E-state index in [0.29, 0.717) is 12.5 Å². The molecule has 1 fully saturated rings. The summed E-state index contributed by atoms with van der Waals surface area (Å²) in [5.74, 6) is 0.952. The van der Waals surface area contributed by atoms with E-state index in [9.17, 15) is 8.42 Å². The van der Waals surface area contributed by atoms with E-state index >= 15 is 0 Å². The first-order valence-electron chi connectivity index (χ1n) is 5.51. The fourth-order valence-electron chi connectivity index (χ4n) is 1.72. The Bertz CT molecular complexity index is 305. The van der Waals surface area contributed by atoms with E-state index in [4.69, 9.17) is 5.73 Å². The fourth-order valence-corrected chi connectivity index (χ4v) is 2.55. The Kier molecular flexibility index (Phi) is 3.79. The molecular formula is C10H22N2O2S. The van der Waals surface area contributed by atoms with Gasteiger partial charge in [0, 0.05) is 30.9 Å². The lowest BCUT2D eigenvalue weighted by molar-refractivity contribution is 0.0434. The Hall–Kier alpha value is -0.130. The van der Waals surface area contributed by atoms with Crippen LogP contribution in [0.1, 0.15) is 20.8 Å². The summed E-state index contributed by atoms with van der Waals surface area (Å²) < 4.78 is 22.6. The molecule has 1 aliphatic heterocycles. The topological polar surface area (TPSA) is 63.4 Å². The molecule has 15 heavy (non-hydrogen) atoms. The highest BCUT2D eigenvalue weighted by Gasteiger charge is 2.41. The van der Waals surface area contributed by atoms with E-state index in [1.165, 1.54) is 0 Å². The minimum absolute atomic E-state index is 0.101. The highest BCUT2D eigenvalue weighted by molar-refractivity contribution is 7.91. The maximum absolute atomic E-state index is 11.3. The van der Waals surface area contributed by atoms with Crippen LogP contribution >= 0.6 is 0 Å². The summed E-state index contributed by atoms with van der Waals surface area (Å²) in [6.45, 7) is 8.18. The maximum atomic E-state index is 11.3. The van der Waals surface area contributed by atoms with Gasteiger partial charge in [-0.1, -0.05) is 20.8 Å². The average Bonchev–Trinajstić information content (AvgIpc) is 2.10. The molecule has 90 valence electrons. The Morgan fingerprint density at radius 3 is 2.33 bits per heavy atom. The molecule has 0 aromatic rings. The summed E-state index contributed by atoms with van der Waals surface area (Å²) in [4.78, 5) is 2.12. The molecule has 2 N–H and O–H groups in total. The van der Waals surface area contributed by atoms with Gasteiger partial charge in [-0.15, -0.1) is 0 Å². The third-order valence-corrected chi connectivity index (χ3v) is 5.03. The number of nitrogens with two attached hydrogens (primary N) is 1. The fraction of sp³-hybridized carbons (Fsp3) is 1.00. The number of sulfone groups is 1. The summed E-state index contributed by atoms with van der Waals surface area (Å²) in [6.07, 6.45) is 0. The van der Waals surface area contributed by atoms with Crippen LogP contribution in [-0.4, -0.2) is 50.0 Å². The van der Waals surface area contributed by atoms with Crippen LogP contribution in [0.25, 0.3) is 0 Å². The van der Waals surface area contributed by atoms with Crippen LogP contribution < -0.4 is 5.73 Å².